The third kappa shape index (κ3) is 3.82. The maximum Gasteiger partial charge on any atom is 0.240 e. The molecular weight excluding hydrogens is 298 g/mol. The third-order valence-electron chi connectivity index (χ3n) is 2.84. The molecule has 2 aromatic rings. The molecule has 2 rings (SSSR count). The molecule has 0 aliphatic heterocycles. The van der Waals surface area contributed by atoms with Gasteiger partial charge in [-0.15, -0.1) is 11.6 Å². The van der Waals surface area contributed by atoms with E-state index in [1.807, 2.05) is 0 Å². The predicted molar refractivity (Wildman–Crippen MR) is 78.1 cm³/mol. The van der Waals surface area contributed by atoms with Crippen molar-refractivity contribution in [2.24, 2.45) is 7.05 Å². The van der Waals surface area contributed by atoms with Crippen molar-refractivity contribution in [3.63, 3.8) is 0 Å². The standard InChI is InChI=1S/C13H16ClN3O2S/c1-17-10-12(8-15-17)9-16-20(18,19)13-4-2-11(3-5-13)6-7-14/h2-5,8,10,16H,6-7,9H2,1H3. The van der Waals surface area contributed by atoms with Crippen molar-refractivity contribution in [1.29, 1.82) is 0 Å². The Balaban J connectivity index is 2.05. The minimum atomic E-state index is -3.50. The van der Waals surface area contributed by atoms with Gasteiger partial charge < -0.3 is 0 Å². The normalized spacial score (nSPS) is 11.7. The first-order chi connectivity index (χ1) is 9.51. The van der Waals surface area contributed by atoms with Crippen LogP contribution in [0.1, 0.15) is 11.1 Å². The fraction of sp³-hybridized carbons (Fsp3) is 0.308. The Labute approximate surface area is 123 Å². The summed E-state index contributed by atoms with van der Waals surface area (Å²) in [7, 11) is -1.72. The summed E-state index contributed by atoms with van der Waals surface area (Å²) in [6.45, 7) is 0.222. The zero-order valence-electron chi connectivity index (χ0n) is 11.1. The summed E-state index contributed by atoms with van der Waals surface area (Å²) in [4.78, 5) is 0.250. The van der Waals surface area contributed by atoms with E-state index in [1.54, 1.807) is 48.4 Å². The van der Waals surface area contributed by atoms with Gasteiger partial charge in [-0.2, -0.15) is 5.10 Å². The number of rotatable bonds is 6. The quantitative estimate of drug-likeness (QED) is 0.825. The average Bonchev–Trinajstić information content (AvgIpc) is 2.84. The van der Waals surface area contributed by atoms with E-state index in [9.17, 15) is 8.42 Å². The molecule has 0 unspecified atom stereocenters. The molecular formula is C13H16ClN3O2S. The highest BCUT2D eigenvalue weighted by molar-refractivity contribution is 7.89. The minimum Gasteiger partial charge on any atom is -0.275 e. The third-order valence-corrected chi connectivity index (χ3v) is 4.45. The Morgan fingerprint density at radius 1 is 1.25 bits per heavy atom. The predicted octanol–water partition coefficient (Wildman–Crippen LogP) is 1.68. The molecule has 1 aromatic heterocycles. The second-order valence-electron chi connectivity index (χ2n) is 4.43. The van der Waals surface area contributed by atoms with Crippen LogP contribution in [0.2, 0.25) is 0 Å². The summed E-state index contributed by atoms with van der Waals surface area (Å²) in [5.74, 6) is 0.519. The summed E-state index contributed by atoms with van der Waals surface area (Å²) >= 11 is 5.65. The molecule has 0 fully saturated rings. The van der Waals surface area contributed by atoms with Gasteiger partial charge in [-0.05, 0) is 24.1 Å². The Morgan fingerprint density at radius 2 is 1.95 bits per heavy atom. The number of halogens is 1. The lowest BCUT2D eigenvalue weighted by atomic mass is 10.2. The zero-order valence-corrected chi connectivity index (χ0v) is 12.7. The fourth-order valence-corrected chi connectivity index (χ4v) is 3.01. The van der Waals surface area contributed by atoms with Gasteiger partial charge in [0.1, 0.15) is 0 Å². The minimum absolute atomic E-state index is 0.222. The first-order valence-corrected chi connectivity index (χ1v) is 8.15. The van der Waals surface area contributed by atoms with Crippen LogP contribution in [0.3, 0.4) is 0 Å². The highest BCUT2D eigenvalue weighted by Crippen LogP contribution is 2.12. The molecule has 1 heterocycles. The number of aryl methyl sites for hydroxylation is 2. The molecule has 5 nitrogen and oxygen atoms in total. The summed E-state index contributed by atoms with van der Waals surface area (Å²) in [6, 6.07) is 6.74. The lowest BCUT2D eigenvalue weighted by Gasteiger charge is -2.06. The van der Waals surface area contributed by atoms with Gasteiger partial charge in [0.15, 0.2) is 0 Å². The van der Waals surface area contributed by atoms with E-state index in [2.05, 4.69) is 9.82 Å². The summed E-state index contributed by atoms with van der Waals surface area (Å²) in [5, 5.41) is 3.99. The largest absolute Gasteiger partial charge is 0.275 e. The maximum atomic E-state index is 12.1. The molecule has 0 bridgehead atoms. The van der Waals surface area contributed by atoms with E-state index in [0.29, 0.717) is 5.88 Å². The summed E-state index contributed by atoms with van der Waals surface area (Å²) in [5.41, 5.74) is 1.83. The molecule has 0 amide bonds. The topological polar surface area (TPSA) is 64.0 Å². The van der Waals surface area contributed by atoms with Crippen LogP contribution in [0.15, 0.2) is 41.6 Å². The second-order valence-corrected chi connectivity index (χ2v) is 6.57. The fourth-order valence-electron chi connectivity index (χ4n) is 1.77. The Morgan fingerprint density at radius 3 is 2.50 bits per heavy atom. The van der Waals surface area contributed by atoms with Crippen LogP contribution in [0, 0.1) is 0 Å². The Kier molecular flexibility index (Phi) is 4.80. The first kappa shape index (κ1) is 15.0. The number of nitrogens with one attached hydrogen (secondary N) is 1. The van der Waals surface area contributed by atoms with Crippen molar-refractivity contribution in [3.05, 3.63) is 47.8 Å². The number of hydrogen-bond acceptors (Lipinski definition) is 3. The van der Waals surface area contributed by atoms with Crippen LogP contribution < -0.4 is 4.72 Å². The van der Waals surface area contributed by atoms with E-state index >= 15 is 0 Å². The van der Waals surface area contributed by atoms with Gasteiger partial charge in [0, 0.05) is 31.2 Å². The van der Waals surface area contributed by atoms with E-state index in [-0.39, 0.29) is 11.4 Å². The Hall–Kier alpha value is -1.37. The van der Waals surface area contributed by atoms with E-state index < -0.39 is 10.0 Å². The molecule has 0 atom stereocenters. The van der Waals surface area contributed by atoms with E-state index in [0.717, 1.165) is 17.5 Å². The van der Waals surface area contributed by atoms with E-state index in [1.165, 1.54) is 0 Å². The molecule has 7 heteroatoms. The number of aromatic nitrogens is 2. The van der Waals surface area contributed by atoms with Gasteiger partial charge >= 0.3 is 0 Å². The van der Waals surface area contributed by atoms with Gasteiger partial charge in [-0.3, -0.25) is 4.68 Å². The van der Waals surface area contributed by atoms with Gasteiger partial charge in [0.2, 0.25) is 10.0 Å². The van der Waals surface area contributed by atoms with Crippen molar-refractivity contribution in [1.82, 2.24) is 14.5 Å². The van der Waals surface area contributed by atoms with Crippen LogP contribution in [0.4, 0.5) is 0 Å². The molecule has 20 heavy (non-hydrogen) atoms. The molecule has 1 aromatic carbocycles. The highest BCUT2D eigenvalue weighted by Gasteiger charge is 2.13. The van der Waals surface area contributed by atoms with Crippen molar-refractivity contribution in [3.8, 4) is 0 Å². The second kappa shape index (κ2) is 6.39. The Bertz CT molecular complexity index is 665. The molecule has 0 aliphatic rings. The number of alkyl halides is 1. The summed E-state index contributed by atoms with van der Waals surface area (Å²) in [6.07, 6.45) is 4.13. The average molecular weight is 314 g/mol. The zero-order chi connectivity index (χ0) is 14.6. The van der Waals surface area contributed by atoms with Crippen molar-refractivity contribution in [2.75, 3.05) is 5.88 Å². The number of sulfonamides is 1. The lowest BCUT2D eigenvalue weighted by Crippen LogP contribution is -2.23. The van der Waals surface area contributed by atoms with Crippen LogP contribution in [0.25, 0.3) is 0 Å². The number of hydrogen-bond donors (Lipinski definition) is 1. The summed E-state index contributed by atoms with van der Waals surface area (Å²) < 4.78 is 28.4. The first-order valence-electron chi connectivity index (χ1n) is 6.13. The van der Waals surface area contributed by atoms with Gasteiger partial charge in [0.25, 0.3) is 0 Å². The lowest BCUT2D eigenvalue weighted by molar-refractivity contribution is 0.581. The van der Waals surface area contributed by atoms with Crippen LogP contribution in [-0.4, -0.2) is 24.1 Å². The smallest absolute Gasteiger partial charge is 0.240 e. The van der Waals surface area contributed by atoms with Gasteiger partial charge in [-0.25, -0.2) is 13.1 Å². The van der Waals surface area contributed by atoms with Crippen molar-refractivity contribution in [2.45, 2.75) is 17.9 Å². The van der Waals surface area contributed by atoms with Crippen LogP contribution in [-0.2, 0) is 30.0 Å². The maximum absolute atomic E-state index is 12.1. The number of nitrogens with zero attached hydrogens (tertiary/aromatic N) is 2. The molecule has 1 N–H and O–H groups in total. The van der Waals surface area contributed by atoms with Gasteiger partial charge in [-0.1, -0.05) is 12.1 Å². The van der Waals surface area contributed by atoms with Crippen LogP contribution in [0.5, 0.6) is 0 Å². The van der Waals surface area contributed by atoms with Crippen molar-refractivity contribution >= 4 is 21.6 Å². The van der Waals surface area contributed by atoms with Gasteiger partial charge in [0.05, 0.1) is 11.1 Å². The molecule has 0 radical (unpaired) electrons. The molecule has 0 saturated carbocycles. The molecule has 0 saturated heterocycles. The molecule has 0 aliphatic carbocycles. The molecule has 108 valence electrons. The highest BCUT2D eigenvalue weighted by atomic mass is 35.5. The van der Waals surface area contributed by atoms with Crippen LogP contribution >= 0.6 is 11.6 Å². The van der Waals surface area contributed by atoms with Crippen molar-refractivity contribution < 1.29 is 8.42 Å². The monoisotopic (exact) mass is 313 g/mol. The number of benzene rings is 1. The SMILES string of the molecule is Cn1cc(CNS(=O)(=O)c2ccc(CCCl)cc2)cn1. The molecule has 0 spiro atoms. The van der Waals surface area contributed by atoms with E-state index in [4.69, 9.17) is 11.6 Å².